The molecule has 1 N–H and O–H groups in total. The van der Waals surface area contributed by atoms with Crippen LogP contribution in [0.4, 0.5) is 0 Å². The highest BCUT2D eigenvalue weighted by Crippen LogP contribution is 2.11. The zero-order valence-electron chi connectivity index (χ0n) is 9.96. The second-order valence-electron chi connectivity index (χ2n) is 4.48. The first kappa shape index (κ1) is 12.5. The molecule has 1 aliphatic rings. The maximum atomic E-state index is 11.9. The minimum absolute atomic E-state index is 0.00347. The molecule has 0 saturated carbocycles. The van der Waals surface area contributed by atoms with Gasteiger partial charge in [0.15, 0.2) is 9.84 Å². The summed E-state index contributed by atoms with van der Waals surface area (Å²) in [4.78, 5) is 4.03. The zero-order valence-corrected chi connectivity index (χ0v) is 10.8. The van der Waals surface area contributed by atoms with Crippen molar-refractivity contribution < 1.29 is 8.42 Å². The van der Waals surface area contributed by atoms with Crippen LogP contribution in [0.15, 0.2) is 6.33 Å². The van der Waals surface area contributed by atoms with E-state index in [1.165, 1.54) is 6.33 Å². The molecule has 0 bridgehead atoms. The lowest BCUT2D eigenvalue weighted by molar-refractivity contribution is 0.378. The van der Waals surface area contributed by atoms with Gasteiger partial charge >= 0.3 is 0 Å². The predicted molar refractivity (Wildman–Crippen MR) is 64.2 cm³/mol. The molecule has 0 aromatic carbocycles. The number of aromatic nitrogens is 3. The largest absolute Gasteiger partial charge is 0.316 e. The second kappa shape index (κ2) is 5.14. The van der Waals surface area contributed by atoms with E-state index in [1.54, 1.807) is 4.68 Å². The summed E-state index contributed by atoms with van der Waals surface area (Å²) in [6.07, 6.45) is 2.34. The molecule has 7 heteroatoms. The Balaban J connectivity index is 2.00. The summed E-state index contributed by atoms with van der Waals surface area (Å²) in [5.74, 6) is 1.07. The summed E-state index contributed by atoms with van der Waals surface area (Å²) in [5, 5.41) is 7.11. The standard InChI is InChI=1S/C10H18N4O2S/c1-2-3-14-10(12-8-13-14)7-17(15,16)6-9-4-11-5-9/h8-9,11H,2-7H2,1H3. The first-order valence-corrected chi connectivity index (χ1v) is 7.70. The second-order valence-corrected chi connectivity index (χ2v) is 6.59. The van der Waals surface area contributed by atoms with Crippen LogP contribution in [0.5, 0.6) is 0 Å². The van der Waals surface area contributed by atoms with Crippen molar-refractivity contribution in [3.8, 4) is 0 Å². The Labute approximate surface area is 101 Å². The SMILES string of the molecule is CCCn1ncnc1CS(=O)(=O)CC1CNC1. The summed E-state index contributed by atoms with van der Waals surface area (Å²) in [7, 11) is -3.07. The lowest BCUT2D eigenvalue weighted by Crippen LogP contribution is -2.45. The maximum Gasteiger partial charge on any atom is 0.157 e. The highest BCUT2D eigenvalue weighted by molar-refractivity contribution is 7.90. The zero-order chi connectivity index (χ0) is 12.3. The topological polar surface area (TPSA) is 76.9 Å². The van der Waals surface area contributed by atoms with Gasteiger partial charge in [0.2, 0.25) is 0 Å². The molecule has 0 amide bonds. The number of sulfone groups is 1. The van der Waals surface area contributed by atoms with E-state index in [-0.39, 0.29) is 17.4 Å². The molecule has 0 aliphatic carbocycles. The van der Waals surface area contributed by atoms with Crippen LogP contribution in [0.3, 0.4) is 0 Å². The van der Waals surface area contributed by atoms with E-state index in [0.717, 1.165) is 26.1 Å². The Morgan fingerprint density at radius 2 is 2.29 bits per heavy atom. The lowest BCUT2D eigenvalue weighted by Gasteiger charge is -2.26. The van der Waals surface area contributed by atoms with E-state index >= 15 is 0 Å². The van der Waals surface area contributed by atoms with Crippen molar-refractivity contribution in [3.63, 3.8) is 0 Å². The van der Waals surface area contributed by atoms with Crippen molar-refractivity contribution in [1.82, 2.24) is 20.1 Å². The Morgan fingerprint density at radius 1 is 1.53 bits per heavy atom. The molecule has 0 unspecified atom stereocenters. The number of aryl methyl sites for hydroxylation is 1. The molecule has 1 aromatic heterocycles. The van der Waals surface area contributed by atoms with Crippen molar-refractivity contribution in [2.75, 3.05) is 18.8 Å². The molecule has 1 saturated heterocycles. The summed E-state index contributed by atoms with van der Waals surface area (Å²) in [6.45, 7) is 4.36. The van der Waals surface area contributed by atoms with Crippen molar-refractivity contribution in [2.45, 2.75) is 25.6 Å². The van der Waals surface area contributed by atoms with Gasteiger partial charge in [0.1, 0.15) is 17.9 Å². The molecule has 0 atom stereocenters. The molecule has 0 spiro atoms. The van der Waals surface area contributed by atoms with Crippen LogP contribution < -0.4 is 5.32 Å². The molecular weight excluding hydrogens is 240 g/mol. The van der Waals surface area contributed by atoms with Gasteiger partial charge in [-0.25, -0.2) is 18.1 Å². The molecular formula is C10H18N4O2S. The Hall–Kier alpha value is -0.950. The van der Waals surface area contributed by atoms with Gasteiger partial charge in [-0.3, -0.25) is 0 Å². The summed E-state index contributed by atoms with van der Waals surface area (Å²) in [5.41, 5.74) is 0. The third kappa shape index (κ3) is 3.26. The predicted octanol–water partition coefficient (Wildman–Crippen LogP) is -0.178. The third-order valence-corrected chi connectivity index (χ3v) is 4.51. The van der Waals surface area contributed by atoms with E-state index in [9.17, 15) is 8.42 Å². The Bertz CT molecular complexity index is 464. The lowest BCUT2D eigenvalue weighted by atomic mass is 10.1. The van der Waals surface area contributed by atoms with Crippen LogP contribution in [0.2, 0.25) is 0 Å². The van der Waals surface area contributed by atoms with Crippen LogP contribution in [0.25, 0.3) is 0 Å². The van der Waals surface area contributed by atoms with E-state index in [4.69, 9.17) is 0 Å². The van der Waals surface area contributed by atoms with Crippen molar-refractivity contribution in [3.05, 3.63) is 12.2 Å². The first-order valence-electron chi connectivity index (χ1n) is 5.88. The Kier molecular flexibility index (Phi) is 3.78. The smallest absolute Gasteiger partial charge is 0.157 e. The summed E-state index contributed by atoms with van der Waals surface area (Å²) < 4.78 is 25.6. The van der Waals surface area contributed by atoms with Gasteiger partial charge in [0, 0.05) is 19.6 Å². The number of hydrogen-bond acceptors (Lipinski definition) is 5. The fraction of sp³-hybridized carbons (Fsp3) is 0.800. The summed E-state index contributed by atoms with van der Waals surface area (Å²) >= 11 is 0. The summed E-state index contributed by atoms with van der Waals surface area (Å²) in [6, 6.07) is 0. The van der Waals surface area contributed by atoms with Gasteiger partial charge in [-0.1, -0.05) is 6.92 Å². The van der Waals surface area contributed by atoms with Crippen LogP contribution in [-0.2, 0) is 22.1 Å². The highest BCUT2D eigenvalue weighted by Gasteiger charge is 2.25. The quantitative estimate of drug-likeness (QED) is 0.766. The average molecular weight is 258 g/mol. The highest BCUT2D eigenvalue weighted by atomic mass is 32.2. The fourth-order valence-electron chi connectivity index (χ4n) is 1.88. The van der Waals surface area contributed by atoms with Crippen LogP contribution >= 0.6 is 0 Å². The molecule has 2 rings (SSSR count). The monoisotopic (exact) mass is 258 g/mol. The number of rotatable bonds is 6. The minimum atomic E-state index is -3.07. The normalized spacial score (nSPS) is 17.0. The number of nitrogens with one attached hydrogen (secondary N) is 1. The molecule has 0 radical (unpaired) electrons. The molecule has 1 aliphatic heterocycles. The van der Waals surface area contributed by atoms with E-state index < -0.39 is 9.84 Å². The Morgan fingerprint density at radius 3 is 2.88 bits per heavy atom. The molecule has 1 fully saturated rings. The average Bonchev–Trinajstić information content (AvgIpc) is 2.60. The van der Waals surface area contributed by atoms with Gasteiger partial charge < -0.3 is 5.32 Å². The molecule has 96 valence electrons. The molecule has 17 heavy (non-hydrogen) atoms. The van der Waals surface area contributed by atoms with Crippen LogP contribution in [0.1, 0.15) is 19.2 Å². The fourth-order valence-corrected chi connectivity index (χ4v) is 3.57. The van der Waals surface area contributed by atoms with E-state index in [0.29, 0.717) is 5.82 Å². The van der Waals surface area contributed by atoms with Gasteiger partial charge in [-0.2, -0.15) is 5.10 Å². The first-order chi connectivity index (χ1) is 8.11. The third-order valence-electron chi connectivity index (χ3n) is 2.84. The molecule has 6 nitrogen and oxygen atoms in total. The van der Waals surface area contributed by atoms with Gasteiger partial charge in [-0.15, -0.1) is 0 Å². The molecule has 1 aromatic rings. The van der Waals surface area contributed by atoms with E-state index in [1.807, 2.05) is 6.92 Å². The van der Waals surface area contributed by atoms with Crippen molar-refractivity contribution in [2.24, 2.45) is 5.92 Å². The van der Waals surface area contributed by atoms with Gasteiger partial charge in [0.05, 0.1) is 5.75 Å². The van der Waals surface area contributed by atoms with E-state index in [2.05, 4.69) is 15.4 Å². The van der Waals surface area contributed by atoms with Crippen LogP contribution in [0, 0.1) is 5.92 Å². The minimum Gasteiger partial charge on any atom is -0.316 e. The van der Waals surface area contributed by atoms with Crippen molar-refractivity contribution >= 4 is 9.84 Å². The van der Waals surface area contributed by atoms with Crippen LogP contribution in [-0.4, -0.2) is 42.0 Å². The number of hydrogen-bond donors (Lipinski definition) is 1. The van der Waals surface area contributed by atoms with Crippen molar-refractivity contribution in [1.29, 1.82) is 0 Å². The molecule has 2 heterocycles. The van der Waals surface area contributed by atoms with Gasteiger partial charge in [0.25, 0.3) is 0 Å². The maximum absolute atomic E-state index is 11.9. The van der Waals surface area contributed by atoms with Gasteiger partial charge in [-0.05, 0) is 12.3 Å². The number of nitrogens with zero attached hydrogens (tertiary/aromatic N) is 3.